The van der Waals surface area contributed by atoms with Crippen molar-refractivity contribution >= 4 is 115 Å². The zero-order chi connectivity index (χ0) is 43.3. The van der Waals surface area contributed by atoms with Crippen LogP contribution in [-0.4, -0.2) is 27.1 Å². The first-order chi connectivity index (χ1) is 28.9. The maximum Gasteiger partial charge on any atom is 0.191 e. The van der Waals surface area contributed by atoms with E-state index in [4.69, 9.17) is 86.0 Å². The third-order valence-corrected chi connectivity index (χ3v) is 10.9. The van der Waals surface area contributed by atoms with Gasteiger partial charge in [-0.2, -0.15) is 10.2 Å². The summed E-state index contributed by atoms with van der Waals surface area (Å²) in [7, 11) is 0. The number of nitrogens with zero attached hydrogens (tertiary/aromatic N) is 2. The average molecular weight is 937 g/mol. The molecule has 8 nitrogen and oxygen atoms in total. The van der Waals surface area contributed by atoms with Crippen LogP contribution >= 0.6 is 82.6 Å². The summed E-state index contributed by atoms with van der Waals surface area (Å²) in [4.78, 5) is 0. The summed E-state index contributed by atoms with van der Waals surface area (Å²) in [6, 6.07) is 46.2. The number of hydrogen-bond donors (Lipinski definition) is 4. The van der Waals surface area contributed by atoms with Crippen LogP contribution < -0.4 is 31.4 Å². The van der Waals surface area contributed by atoms with Crippen molar-refractivity contribution in [2.75, 3.05) is 17.3 Å². The zero-order valence-electron chi connectivity index (χ0n) is 32.8. The lowest BCUT2D eigenvalue weighted by molar-refractivity contribution is 0.306. The smallest absolute Gasteiger partial charge is 0.191 e. The monoisotopic (exact) mass is 934 g/mol. The third-order valence-electron chi connectivity index (χ3n) is 8.05. The second-order valence-electron chi connectivity index (χ2n) is 12.4. The number of hydrazone groups is 2. The first-order valence-corrected chi connectivity index (χ1v) is 21.7. The van der Waals surface area contributed by atoms with Gasteiger partial charge in [-0.05, 0) is 127 Å². The Kier molecular flexibility index (Phi) is 20.5. The topological polar surface area (TPSA) is 105 Å². The van der Waals surface area contributed by atoms with Gasteiger partial charge in [0, 0.05) is 0 Å². The highest BCUT2D eigenvalue weighted by molar-refractivity contribution is 8.22. The van der Waals surface area contributed by atoms with Crippen molar-refractivity contribution in [2.24, 2.45) is 10.2 Å². The van der Waals surface area contributed by atoms with E-state index < -0.39 is 0 Å². The molecule has 0 bridgehead atoms. The highest BCUT2D eigenvalue weighted by atomic mass is 35.5. The van der Waals surface area contributed by atoms with Gasteiger partial charge in [0.05, 0.1) is 42.9 Å². The lowest BCUT2D eigenvalue weighted by Gasteiger charge is -2.10. The number of ether oxygens (including phenoxy) is 2. The molecule has 0 heterocycles. The quantitative estimate of drug-likeness (QED) is 0.0437. The fourth-order valence-corrected chi connectivity index (χ4v) is 5.77. The van der Waals surface area contributed by atoms with Crippen molar-refractivity contribution in [3.8, 4) is 11.5 Å². The Morgan fingerprint density at radius 2 is 1.03 bits per heavy atom. The highest BCUT2D eigenvalue weighted by Crippen LogP contribution is 2.29. The second kappa shape index (κ2) is 25.7. The standard InChI is InChI=1S/C22H19Cl2N3OS.C17H18N2OS2.C6H5Cl2N/c1-15(26-27-22(29)25-20-9-5-8-19(23)21(20)24)17-10-12-18(13-11-17)28-14-16-6-3-2-4-7-16;1-13(18-19-17(21)22-2)15-8-10-16(11-9-15)20-12-14-6-4-3-5-7-14;7-4-2-1-3-5(9)6(4)8/h2-13H,14H2,1H3,(H2,25,27,29);3-11H,12H2,1-2H3,(H,19,21);1-3H,9H2/b26-15+;18-13+;. The SMILES string of the molecule is C/C(=N\NC(=S)Nc1cccc(Cl)c1Cl)c1ccc(OCc2ccccc2)cc1.CSC(=S)N/N=C(\C)c1ccc(OCc2ccccc2)cc1.Nc1cccc(Cl)c1Cl. The van der Waals surface area contributed by atoms with Crippen molar-refractivity contribution in [2.45, 2.75) is 27.1 Å². The van der Waals surface area contributed by atoms with Crippen molar-refractivity contribution < 1.29 is 9.47 Å². The molecule has 0 radical (unpaired) electrons. The molecule has 0 aromatic heterocycles. The van der Waals surface area contributed by atoms with Crippen LogP contribution in [0.5, 0.6) is 11.5 Å². The molecule has 0 saturated heterocycles. The van der Waals surface area contributed by atoms with Gasteiger partial charge in [0.2, 0.25) is 0 Å². The largest absolute Gasteiger partial charge is 0.489 e. The van der Waals surface area contributed by atoms with Gasteiger partial charge in [0.15, 0.2) is 9.43 Å². The number of halogens is 4. The van der Waals surface area contributed by atoms with Crippen LogP contribution in [0.25, 0.3) is 0 Å². The Bertz CT molecular complexity index is 2330. The summed E-state index contributed by atoms with van der Waals surface area (Å²) in [6.45, 7) is 4.93. The van der Waals surface area contributed by atoms with E-state index in [2.05, 4.69) is 26.4 Å². The predicted molar refractivity (Wildman–Crippen MR) is 265 cm³/mol. The van der Waals surface area contributed by atoms with E-state index in [0.29, 0.717) is 54.1 Å². The van der Waals surface area contributed by atoms with E-state index in [9.17, 15) is 0 Å². The van der Waals surface area contributed by atoms with Crippen molar-refractivity contribution in [1.82, 2.24) is 10.9 Å². The fraction of sp³-hybridized carbons (Fsp3) is 0.111. The van der Waals surface area contributed by atoms with E-state index in [-0.39, 0.29) is 0 Å². The summed E-state index contributed by atoms with van der Waals surface area (Å²) >= 11 is 35.1. The van der Waals surface area contributed by atoms with Gasteiger partial charge < -0.3 is 20.5 Å². The molecule has 6 aromatic carbocycles. The summed E-state index contributed by atoms with van der Waals surface area (Å²) in [5, 5.41) is 13.6. The van der Waals surface area contributed by atoms with E-state index in [1.807, 2.05) is 129 Å². The number of rotatable bonds is 11. The minimum Gasteiger partial charge on any atom is -0.489 e. The first-order valence-electron chi connectivity index (χ1n) is 18.1. The molecular formula is C45H42Cl4N6O2S3. The molecule has 6 rings (SSSR count). The van der Waals surface area contributed by atoms with Crippen LogP contribution in [0.3, 0.4) is 0 Å². The van der Waals surface area contributed by atoms with E-state index in [1.54, 1.807) is 36.4 Å². The Labute approximate surface area is 386 Å². The van der Waals surface area contributed by atoms with Crippen molar-refractivity contribution in [1.29, 1.82) is 0 Å². The van der Waals surface area contributed by atoms with Gasteiger partial charge in [0.25, 0.3) is 0 Å². The van der Waals surface area contributed by atoms with Gasteiger partial charge in [-0.15, -0.1) is 0 Å². The summed E-state index contributed by atoms with van der Waals surface area (Å²) < 4.78 is 12.2. The van der Waals surface area contributed by atoms with Crippen LogP contribution in [0.1, 0.15) is 36.1 Å². The van der Waals surface area contributed by atoms with Gasteiger partial charge >= 0.3 is 0 Å². The normalized spacial score (nSPS) is 10.8. The number of benzene rings is 6. The number of anilines is 2. The van der Waals surface area contributed by atoms with Crippen molar-refractivity contribution in [3.63, 3.8) is 0 Å². The molecule has 0 spiro atoms. The zero-order valence-corrected chi connectivity index (χ0v) is 38.3. The number of thioether (sulfide) groups is 1. The Morgan fingerprint density at radius 1 is 0.583 bits per heavy atom. The molecule has 310 valence electrons. The van der Waals surface area contributed by atoms with Crippen LogP contribution in [0.2, 0.25) is 20.1 Å². The minimum atomic E-state index is 0.316. The first kappa shape index (κ1) is 47.8. The molecule has 0 aliphatic carbocycles. The third kappa shape index (κ3) is 16.7. The molecule has 6 aromatic rings. The van der Waals surface area contributed by atoms with Gasteiger partial charge in [0.1, 0.15) is 24.7 Å². The van der Waals surface area contributed by atoms with Gasteiger partial charge in [-0.25, -0.2) is 0 Å². The molecule has 0 aliphatic heterocycles. The molecule has 0 amide bonds. The van der Waals surface area contributed by atoms with Gasteiger partial charge in [-0.1, -0.05) is 143 Å². The van der Waals surface area contributed by atoms with Gasteiger partial charge in [-0.3, -0.25) is 10.9 Å². The highest BCUT2D eigenvalue weighted by Gasteiger charge is 2.07. The number of hydrogen-bond acceptors (Lipinski definition) is 8. The molecule has 15 heteroatoms. The second-order valence-corrected chi connectivity index (χ2v) is 15.9. The lowest BCUT2D eigenvalue weighted by atomic mass is 10.1. The molecule has 0 fully saturated rings. The van der Waals surface area contributed by atoms with E-state index in [1.165, 1.54) is 11.8 Å². The molecule has 0 saturated carbocycles. The summed E-state index contributed by atoms with van der Waals surface area (Å²) in [6.07, 6.45) is 1.92. The Morgan fingerprint density at radius 3 is 1.48 bits per heavy atom. The minimum absolute atomic E-state index is 0.316. The fourth-order valence-electron chi connectivity index (χ4n) is 4.78. The lowest BCUT2D eigenvalue weighted by Crippen LogP contribution is -2.25. The summed E-state index contributed by atoms with van der Waals surface area (Å²) in [5.41, 5.74) is 18.1. The Hall–Kier alpha value is -4.85. The average Bonchev–Trinajstić information content (AvgIpc) is 3.28. The molecule has 0 unspecified atom stereocenters. The molecule has 5 N–H and O–H groups in total. The maximum atomic E-state index is 6.15. The molecular weight excluding hydrogens is 895 g/mol. The van der Waals surface area contributed by atoms with Crippen LogP contribution in [0, 0.1) is 0 Å². The molecule has 0 atom stereocenters. The van der Waals surface area contributed by atoms with Crippen molar-refractivity contribution in [3.05, 3.63) is 188 Å². The number of nitrogens with two attached hydrogens (primary N) is 1. The van der Waals surface area contributed by atoms with Crippen LogP contribution in [0.4, 0.5) is 11.4 Å². The number of nitrogen functional groups attached to an aromatic ring is 1. The predicted octanol–water partition coefficient (Wildman–Crippen LogP) is 13.1. The van der Waals surface area contributed by atoms with E-state index >= 15 is 0 Å². The van der Waals surface area contributed by atoms with Crippen LogP contribution in [-0.2, 0) is 13.2 Å². The molecule has 60 heavy (non-hydrogen) atoms. The Balaban J connectivity index is 0.000000224. The number of nitrogens with one attached hydrogen (secondary N) is 3. The number of thiocarbonyl (C=S) groups is 2. The van der Waals surface area contributed by atoms with E-state index in [0.717, 1.165) is 45.2 Å². The maximum absolute atomic E-state index is 6.15. The molecule has 0 aliphatic rings. The van der Waals surface area contributed by atoms with Crippen LogP contribution in [0.15, 0.2) is 156 Å². The summed E-state index contributed by atoms with van der Waals surface area (Å²) in [5.74, 6) is 1.64.